The Morgan fingerprint density at radius 3 is 2.26 bits per heavy atom. The van der Waals surface area contributed by atoms with E-state index in [-0.39, 0.29) is 11.9 Å². The van der Waals surface area contributed by atoms with E-state index in [0.29, 0.717) is 34.9 Å². The van der Waals surface area contributed by atoms with Gasteiger partial charge < -0.3 is 24.8 Å². The van der Waals surface area contributed by atoms with Crippen molar-refractivity contribution < 1.29 is 19.0 Å². The molecule has 1 aromatic rings. The molecule has 2 heterocycles. The van der Waals surface area contributed by atoms with Crippen LogP contribution in [0, 0.1) is 0 Å². The van der Waals surface area contributed by atoms with Crippen molar-refractivity contribution in [3.05, 3.63) is 17.7 Å². The van der Waals surface area contributed by atoms with Gasteiger partial charge in [-0.2, -0.15) is 0 Å². The Morgan fingerprint density at radius 2 is 1.70 bits per heavy atom. The zero-order valence-electron chi connectivity index (χ0n) is 13.8. The number of rotatable bonds is 5. The maximum atomic E-state index is 12.7. The van der Waals surface area contributed by atoms with Gasteiger partial charge >= 0.3 is 0 Å². The van der Waals surface area contributed by atoms with E-state index in [1.807, 2.05) is 0 Å². The molecule has 0 spiro atoms. The summed E-state index contributed by atoms with van der Waals surface area (Å²) < 4.78 is 16.0. The van der Waals surface area contributed by atoms with Crippen molar-refractivity contribution in [1.82, 2.24) is 10.6 Å². The SMILES string of the molecule is COc1ccc(C(=O)NC2CC3CCC(C2)N3)c(OC)c1OC. The van der Waals surface area contributed by atoms with Crippen LogP contribution in [0.25, 0.3) is 0 Å². The molecule has 1 aromatic carbocycles. The summed E-state index contributed by atoms with van der Waals surface area (Å²) in [5.41, 5.74) is 0.469. The number of hydrogen-bond acceptors (Lipinski definition) is 5. The van der Waals surface area contributed by atoms with E-state index >= 15 is 0 Å². The Bertz CT molecular complexity index is 578. The van der Waals surface area contributed by atoms with Gasteiger partial charge in [-0.05, 0) is 37.8 Å². The van der Waals surface area contributed by atoms with Crippen LogP contribution >= 0.6 is 0 Å². The van der Waals surface area contributed by atoms with Gasteiger partial charge in [-0.3, -0.25) is 4.79 Å². The van der Waals surface area contributed by atoms with Crippen molar-refractivity contribution in [2.45, 2.75) is 43.8 Å². The first-order valence-corrected chi connectivity index (χ1v) is 8.02. The van der Waals surface area contributed by atoms with Gasteiger partial charge in [0.2, 0.25) is 5.75 Å². The van der Waals surface area contributed by atoms with Gasteiger partial charge in [-0.15, -0.1) is 0 Å². The molecular weight excluding hydrogens is 296 g/mol. The number of ether oxygens (including phenoxy) is 3. The van der Waals surface area contributed by atoms with Gasteiger partial charge in [-0.1, -0.05) is 0 Å². The molecule has 0 aromatic heterocycles. The van der Waals surface area contributed by atoms with Gasteiger partial charge in [0.15, 0.2) is 11.5 Å². The van der Waals surface area contributed by atoms with Crippen LogP contribution in [0.2, 0.25) is 0 Å². The molecule has 2 unspecified atom stereocenters. The molecule has 2 saturated heterocycles. The summed E-state index contributed by atoms with van der Waals surface area (Å²) in [6.07, 6.45) is 4.38. The third-order valence-corrected chi connectivity index (χ3v) is 4.76. The van der Waals surface area contributed by atoms with Crippen LogP contribution in [0.4, 0.5) is 0 Å². The molecule has 2 N–H and O–H groups in total. The van der Waals surface area contributed by atoms with Gasteiger partial charge in [0, 0.05) is 18.1 Å². The molecule has 6 heteroatoms. The molecule has 2 bridgehead atoms. The number of carbonyl (C=O) groups is 1. The maximum Gasteiger partial charge on any atom is 0.255 e. The lowest BCUT2D eigenvalue weighted by Crippen LogP contribution is -2.48. The van der Waals surface area contributed by atoms with E-state index < -0.39 is 0 Å². The van der Waals surface area contributed by atoms with Crippen LogP contribution in [-0.2, 0) is 0 Å². The first-order valence-electron chi connectivity index (χ1n) is 8.02. The summed E-state index contributed by atoms with van der Waals surface area (Å²) in [4.78, 5) is 12.7. The van der Waals surface area contributed by atoms with Crippen LogP contribution < -0.4 is 24.8 Å². The lowest BCUT2D eigenvalue weighted by Gasteiger charge is -2.30. The highest BCUT2D eigenvalue weighted by Crippen LogP contribution is 2.39. The molecule has 0 aliphatic carbocycles. The minimum absolute atomic E-state index is 0.130. The summed E-state index contributed by atoms with van der Waals surface area (Å²) in [7, 11) is 4.62. The van der Waals surface area contributed by atoms with E-state index in [4.69, 9.17) is 14.2 Å². The van der Waals surface area contributed by atoms with Crippen molar-refractivity contribution in [3.8, 4) is 17.2 Å². The minimum Gasteiger partial charge on any atom is -0.493 e. The third-order valence-electron chi connectivity index (χ3n) is 4.76. The molecule has 6 nitrogen and oxygen atoms in total. The van der Waals surface area contributed by atoms with Crippen molar-refractivity contribution >= 4 is 5.91 Å². The van der Waals surface area contributed by atoms with Crippen LogP contribution in [0.5, 0.6) is 17.2 Å². The van der Waals surface area contributed by atoms with Gasteiger partial charge in [0.05, 0.1) is 26.9 Å². The molecule has 2 atom stereocenters. The van der Waals surface area contributed by atoms with Crippen LogP contribution in [-0.4, -0.2) is 45.4 Å². The predicted octanol–water partition coefficient (Wildman–Crippen LogP) is 1.73. The normalized spacial score (nSPS) is 25.8. The van der Waals surface area contributed by atoms with E-state index in [0.717, 1.165) is 12.8 Å². The standard InChI is InChI=1S/C17H24N2O4/c1-21-14-7-6-13(15(22-2)16(14)23-3)17(20)19-12-8-10-4-5-11(9-12)18-10/h6-7,10-12,18H,4-5,8-9H2,1-3H3,(H,19,20). The number of piperidine rings is 1. The van der Waals surface area contributed by atoms with Gasteiger partial charge in [0.25, 0.3) is 5.91 Å². The van der Waals surface area contributed by atoms with E-state index in [1.165, 1.54) is 27.1 Å². The van der Waals surface area contributed by atoms with Gasteiger partial charge in [-0.25, -0.2) is 0 Å². The second-order valence-electron chi connectivity index (χ2n) is 6.16. The second-order valence-corrected chi connectivity index (χ2v) is 6.16. The Morgan fingerprint density at radius 1 is 1.04 bits per heavy atom. The fourth-order valence-electron chi connectivity index (χ4n) is 3.72. The lowest BCUT2D eigenvalue weighted by molar-refractivity contribution is 0.0920. The predicted molar refractivity (Wildman–Crippen MR) is 86.5 cm³/mol. The Labute approximate surface area is 136 Å². The number of fused-ring (bicyclic) bond motifs is 2. The molecular formula is C17H24N2O4. The Kier molecular flexibility index (Phi) is 4.61. The largest absolute Gasteiger partial charge is 0.493 e. The summed E-state index contributed by atoms with van der Waals surface area (Å²) in [6.45, 7) is 0. The van der Waals surface area contributed by atoms with Crippen LogP contribution in [0.15, 0.2) is 12.1 Å². The summed E-state index contributed by atoms with van der Waals surface area (Å²) in [5, 5.41) is 6.72. The highest BCUT2D eigenvalue weighted by molar-refractivity contribution is 5.98. The van der Waals surface area contributed by atoms with Gasteiger partial charge in [0.1, 0.15) is 0 Å². The fraction of sp³-hybridized carbons (Fsp3) is 0.588. The van der Waals surface area contributed by atoms with Crippen molar-refractivity contribution in [3.63, 3.8) is 0 Å². The number of methoxy groups -OCH3 is 3. The Balaban J connectivity index is 1.79. The number of hydrogen-bond donors (Lipinski definition) is 2. The lowest BCUT2D eigenvalue weighted by atomic mass is 9.99. The average molecular weight is 320 g/mol. The molecule has 1 amide bonds. The molecule has 23 heavy (non-hydrogen) atoms. The minimum atomic E-state index is -0.130. The zero-order chi connectivity index (χ0) is 16.4. The highest BCUT2D eigenvalue weighted by atomic mass is 16.5. The highest BCUT2D eigenvalue weighted by Gasteiger charge is 2.34. The summed E-state index contributed by atoms with van der Waals surface area (Å²) >= 11 is 0. The first kappa shape index (κ1) is 15.9. The molecule has 0 radical (unpaired) electrons. The average Bonchev–Trinajstić information content (AvgIpc) is 2.91. The Hall–Kier alpha value is -1.95. The van der Waals surface area contributed by atoms with E-state index in [9.17, 15) is 4.79 Å². The molecule has 2 fully saturated rings. The number of amides is 1. The topological polar surface area (TPSA) is 68.8 Å². The second kappa shape index (κ2) is 6.66. The quantitative estimate of drug-likeness (QED) is 0.865. The molecule has 2 aliphatic rings. The molecule has 2 aliphatic heterocycles. The van der Waals surface area contributed by atoms with Crippen molar-refractivity contribution in [1.29, 1.82) is 0 Å². The molecule has 3 rings (SSSR count). The van der Waals surface area contributed by atoms with E-state index in [2.05, 4.69) is 10.6 Å². The summed E-state index contributed by atoms with van der Waals surface area (Å²) in [5.74, 6) is 1.25. The zero-order valence-corrected chi connectivity index (χ0v) is 13.8. The van der Waals surface area contributed by atoms with Crippen LogP contribution in [0.1, 0.15) is 36.0 Å². The monoisotopic (exact) mass is 320 g/mol. The van der Waals surface area contributed by atoms with Crippen LogP contribution in [0.3, 0.4) is 0 Å². The smallest absolute Gasteiger partial charge is 0.255 e. The number of nitrogens with one attached hydrogen (secondary N) is 2. The third kappa shape index (κ3) is 3.08. The first-order chi connectivity index (χ1) is 11.2. The summed E-state index contributed by atoms with van der Waals surface area (Å²) in [6, 6.07) is 4.71. The van der Waals surface area contributed by atoms with Crippen molar-refractivity contribution in [2.75, 3.05) is 21.3 Å². The number of carbonyl (C=O) groups excluding carboxylic acids is 1. The number of benzene rings is 1. The molecule has 126 valence electrons. The fourth-order valence-corrected chi connectivity index (χ4v) is 3.72. The molecule has 0 saturated carbocycles. The maximum absolute atomic E-state index is 12.7. The van der Waals surface area contributed by atoms with E-state index in [1.54, 1.807) is 19.2 Å². The van der Waals surface area contributed by atoms with Crippen molar-refractivity contribution in [2.24, 2.45) is 0 Å².